The van der Waals surface area contributed by atoms with Crippen LogP contribution in [0.4, 0.5) is 17.5 Å². The molecule has 0 spiro atoms. The number of H-pyrrole nitrogens is 1. The molecule has 1 aliphatic rings. The standard InChI is InChI=1S/C15H16ClN7/c16-10-3-1-2-4-11(10)22-5-7-23(8-6-22)14-12-13(19-9-18-12)20-15(17)21-14/h1-4,9H,5-8H2,(H3,17,18,19,20,21). The first kappa shape index (κ1) is 14.1. The first-order valence-corrected chi connectivity index (χ1v) is 7.81. The quantitative estimate of drug-likeness (QED) is 0.747. The Balaban J connectivity index is 1.57. The summed E-state index contributed by atoms with van der Waals surface area (Å²) in [5, 5.41) is 0.781. The minimum atomic E-state index is 0.244. The molecule has 0 radical (unpaired) electrons. The van der Waals surface area contributed by atoms with Gasteiger partial charge in [0.25, 0.3) is 0 Å². The number of piperazine rings is 1. The number of aromatic nitrogens is 4. The number of nitrogens with one attached hydrogen (secondary N) is 1. The average Bonchev–Trinajstić information content (AvgIpc) is 3.03. The van der Waals surface area contributed by atoms with Gasteiger partial charge in [-0.1, -0.05) is 23.7 Å². The van der Waals surface area contributed by atoms with Crippen molar-refractivity contribution >= 4 is 40.2 Å². The number of nitrogens with two attached hydrogens (primary N) is 1. The van der Waals surface area contributed by atoms with Crippen molar-refractivity contribution in [3.63, 3.8) is 0 Å². The summed E-state index contributed by atoms with van der Waals surface area (Å²) >= 11 is 6.29. The molecule has 0 aliphatic carbocycles. The van der Waals surface area contributed by atoms with Gasteiger partial charge < -0.3 is 20.5 Å². The van der Waals surface area contributed by atoms with E-state index in [1.807, 2.05) is 24.3 Å². The normalized spacial score (nSPS) is 15.3. The van der Waals surface area contributed by atoms with E-state index in [1.54, 1.807) is 6.33 Å². The van der Waals surface area contributed by atoms with Crippen LogP contribution in [-0.4, -0.2) is 46.1 Å². The molecule has 1 aliphatic heterocycles. The maximum absolute atomic E-state index is 6.29. The molecular weight excluding hydrogens is 314 g/mol. The third-order valence-electron chi connectivity index (χ3n) is 4.06. The number of hydrogen-bond donors (Lipinski definition) is 2. The van der Waals surface area contributed by atoms with E-state index in [4.69, 9.17) is 17.3 Å². The van der Waals surface area contributed by atoms with E-state index in [9.17, 15) is 0 Å². The molecule has 3 heterocycles. The van der Waals surface area contributed by atoms with Gasteiger partial charge in [0, 0.05) is 26.2 Å². The van der Waals surface area contributed by atoms with Gasteiger partial charge in [-0.25, -0.2) is 4.98 Å². The van der Waals surface area contributed by atoms with E-state index < -0.39 is 0 Å². The van der Waals surface area contributed by atoms with Crippen LogP contribution >= 0.6 is 11.6 Å². The molecular formula is C15H16ClN7. The summed E-state index contributed by atoms with van der Waals surface area (Å²) < 4.78 is 0. The van der Waals surface area contributed by atoms with Crippen LogP contribution in [-0.2, 0) is 0 Å². The highest BCUT2D eigenvalue weighted by Gasteiger charge is 2.22. The predicted molar refractivity (Wildman–Crippen MR) is 92.0 cm³/mol. The number of nitrogens with zero attached hydrogens (tertiary/aromatic N) is 5. The van der Waals surface area contributed by atoms with Crippen LogP contribution in [0.2, 0.25) is 5.02 Å². The highest BCUT2D eigenvalue weighted by molar-refractivity contribution is 6.33. The fourth-order valence-corrected chi connectivity index (χ4v) is 3.19. The summed E-state index contributed by atoms with van der Waals surface area (Å²) in [6.45, 7) is 3.39. The molecule has 23 heavy (non-hydrogen) atoms. The Morgan fingerprint density at radius 1 is 1.04 bits per heavy atom. The minimum Gasteiger partial charge on any atom is -0.368 e. The van der Waals surface area contributed by atoms with Gasteiger partial charge in [-0.05, 0) is 12.1 Å². The van der Waals surface area contributed by atoms with Crippen LogP contribution in [0, 0.1) is 0 Å². The maximum atomic E-state index is 6.29. The number of rotatable bonds is 2. The maximum Gasteiger partial charge on any atom is 0.224 e. The SMILES string of the molecule is Nc1nc(N2CCN(c3ccccc3Cl)CC2)c2[nH]cnc2n1. The van der Waals surface area contributed by atoms with Crippen molar-refractivity contribution in [1.82, 2.24) is 19.9 Å². The van der Waals surface area contributed by atoms with E-state index in [0.29, 0.717) is 5.65 Å². The van der Waals surface area contributed by atoms with Gasteiger partial charge in [0.15, 0.2) is 11.5 Å². The van der Waals surface area contributed by atoms with Gasteiger partial charge in [-0.2, -0.15) is 9.97 Å². The molecule has 118 valence electrons. The number of para-hydroxylation sites is 1. The number of benzene rings is 1. The van der Waals surface area contributed by atoms with Crippen molar-refractivity contribution in [3.8, 4) is 0 Å². The molecule has 0 amide bonds. The van der Waals surface area contributed by atoms with Gasteiger partial charge >= 0.3 is 0 Å². The van der Waals surface area contributed by atoms with Crippen LogP contribution in [0.3, 0.4) is 0 Å². The summed E-state index contributed by atoms with van der Waals surface area (Å²) in [6.07, 6.45) is 1.61. The van der Waals surface area contributed by atoms with Crippen LogP contribution in [0.15, 0.2) is 30.6 Å². The second kappa shape index (κ2) is 5.58. The van der Waals surface area contributed by atoms with Crippen LogP contribution in [0.1, 0.15) is 0 Å². The number of aromatic amines is 1. The summed E-state index contributed by atoms with van der Waals surface area (Å²) in [4.78, 5) is 20.3. The molecule has 8 heteroatoms. The van der Waals surface area contributed by atoms with Gasteiger partial charge in [0.05, 0.1) is 17.0 Å². The molecule has 4 rings (SSSR count). The highest BCUT2D eigenvalue weighted by atomic mass is 35.5. The van der Waals surface area contributed by atoms with Gasteiger partial charge in [-0.3, -0.25) is 0 Å². The third kappa shape index (κ3) is 2.53. The molecule has 3 N–H and O–H groups in total. The summed E-state index contributed by atoms with van der Waals surface area (Å²) in [6, 6.07) is 7.92. The highest BCUT2D eigenvalue weighted by Crippen LogP contribution is 2.28. The second-order valence-electron chi connectivity index (χ2n) is 5.43. The zero-order valence-corrected chi connectivity index (χ0v) is 13.2. The Hall–Kier alpha value is -2.54. The molecule has 2 aromatic heterocycles. The first-order chi connectivity index (χ1) is 11.2. The summed E-state index contributed by atoms with van der Waals surface area (Å²) in [5.41, 5.74) is 8.29. The van der Waals surface area contributed by atoms with Crippen molar-refractivity contribution in [2.45, 2.75) is 0 Å². The Morgan fingerprint density at radius 3 is 2.57 bits per heavy atom. The molecule has 1 fully saturated rings. The molecule has 0 atom stereocenters. The van der Waals surface area contributed by atoms with Crippen LogP contribution < -0.4 is 15.5 Å². The number of nitrogen functional groups attached to an aromatic ring is 1. The molecule has 0 bridgehead atoms. The number of halogens is 1. The Bertz CT molecular complexity index is 839. The second-order valence-corrected chi connectivity index (χ2v) is 5.84. The smallest absolute Gasteiger partial charge is 0.224 e. The van der Waals surface area contributed by atoms with Crippen molar-refractivity contribution in [2.24, 2.45) is 0 Å². The largest absolute Gasteiger partial charge is 0.368 e. The molecule has 1 saturated heterocycles. The molecule has 3 aromatic rings. The lowest BCUT2D eigenvalue weighted by Gasteiger charge is -2.37. The van der Waals surface area contributed by atoms with Gasteiger partial charge in [-0.15, -0.1) is 0 Å². The van der Waals surface area contributed by atoms with Crippen molar-refractivity contribution in [2.75, 3.05) is 41.7 Å². The van der Waals surface area contributed by atoms with Crippen molar-refractivity contribution in [3.05, 3.63) is 35.6 Å². The Morgan fingerprint density at radius 2 is 1.78 bits per heavy atom. The van der Waals surface area contributed by atoms with E-state index in [0.717, 1.165) is 48.2 Å². The lowest BCUT2D eigenvalue weighted by molar-refractivity contribution is 0.649. The average molecular weight is 330 g/mol. The van der Waals surface area contributed by atoms with Gasteiger partial charge in [0.2, 0.25) is 5.95 Å². The Labute approximate surface area is 138 Å². The fourth-order valence-electron chi connectivity index (χ4n) is 2.93. The van der Waals surface area contributed by atoms with E-state index in [1.165, 1.54) is 0 Å². The summed E-state index contributed by atoms with van der Waals surface area (Å²) in [7, 11) is 0. The van der Waals surface area contributed by atoms with Crippen LogP contribution in [0.5, 0.6) is 0 Å². The zero-order chi connectivity index (χ0) is 15.8. The fraction of sp³-hybridized carbons (Fsp3) is 0.267. The van der Waals surface area contributed by atoms with Crippen molar-refractivity contribution in [1.29, 1.82) is 0 Å². The van der Waals surface area contributed by atoms with Gasteiger partial charge in [0.1, 0.15) is 5.52 Å². The first-order valence-electron chi connectivity index (χ1n) is 7.43. The molecule has 7 nitrogen and oxygen atoms in total. The lowest BCUT2D eigenvalue weighted by atomic mass is 10.2. The zero-order valence-electron chi connectivity index (χ0n) is 12.4. The topological polar surface area (TPSA) is 87.0 Å². The van der Waals surface area contributed by atoms with E-state index >= 15 is 0 Å². The van der Waals surface area contributed by atoms with E-state index in [-0.39, 0.29) is 5.95 Å². The predicted octanol–water partition coefficient (Wildman–Crippen LogP) is 1.92. The number of anilines is 3. The molecule has 0 saturated carbocycles. The lowest BCUT2D eigenvalue weighted by Crippen LogP contribution is -2.47. The molecule has 0 unspecified atom stereocenters. The van der Waals surface area contributed by atoms with Crippen LogP contribution in [0.25, 0.3) is 11.2 Å². The number of imidazole rings is 1. The number of fused-ring (bicyclic) bond motifs is 1. The van der Waals surface area contributed by atoms with E-state index in [2.05, 4.69) is 29.7 Å². The number of hydrogen-bond acceptors (Lipinski definition) is 6. The minimum absolute atomic E-state index is 0.244. The monoisotopic (exact) mass is 329 g/mol. The Kier molecular flexibility index (Phi) is 3.42. The summed E-state index contributed by atoms with van der Waals surface area (Å²) in [5.74, 6) is 1.05. The third-order valence-corrected chi connectivity index (χ3v) is 4.38. The molecule has 1 aromatic carbocycles. The van der Waals surface area contributed by atoms with Crippen molar-refractivity contribution < 1.29 is 0 Å².